The summed E-state index contributed by atoms with van der Waals surface area (Å²) in [6, 6.07) is 0.391. The molecule has 2 fully saturated rings. The first-order valence-electron chi connectivity index (χ1n) is 6.71. The standard InChI is InChI=1S/C12H23NO3S/c14-17(15)9-5-11(6-10-17)13-7-4-12-3-1-2-8-16-12/h11-13H,1-10H2. The Morgan fingerprint density at radius 1 is 1.12 bits per heavy atom. The van der Waals surface area contributed by atoms with Crippen LogP contribution in [0.5, 0.6) is 0 Å². The minimum atomic E-state index is -2.73. The molecule has 2 rings (SSSR count). The predicted octanol–water partition coefficient (Wildman–Crippen LogP) is 1.11. The number of sulfone groups is 1. The van der Waals surface area contributed by atoms with Crippen molar-refractivity contribution < 1.29 is 13.2 Å². The summed E-state index contributed by atoms with van der Waals surface area (Å²) in [5.74, 6) is 0.704. The van der Waals surface area contributed by atoms with Gasteiger partial charge in [0, 0.05) is 12.6 Å². The SMILES string of the molecule is O=S1(=O)CCC(NCCC2CCCCO2)CC1. The first-order chi connectivity index (χ1) is 8.16. The Morgan fingerprint density at radius 2 is 1.88 bits per heavy atom. The van der Waals surface area contributed by atoms with E-state index < -0.39 is 9.84 Å². The summed E-state index contributed by atoms with van der Waals surface area (Å²) in [5.41, 5.74) is 0. The topological polar surface area (TPSA) is 55.4 Å². The van der Waals surface area contributed by atoms with Crippen molar-refractivity contribution in [1.82, 2.24) is 5.32 Å². The summed E-state index contributed by atoms with van der Waals surface area (Å²) < 4.78 is 28.2. The van der Waals surface area contributed by atoms with Crippen LogP contribution in [0.15, 0.2) is 0 Å². The van der Waals surface area contributed by atoms with E-state index >= 15 is 0 Å². The lowest BCUT2D eigenvalue weighted by atomic mass is 10.1. The van der Waals surface area contributed by atoms with E-state index in [-0.39, 0.29) is 0 Å². The molecule has 100 valence electrons. The molecule has 1 atom stereocenters. The smallest absolute Gasteiger partial charge is 0.150 e. The Morgan fingerprint density at radius 3 is 2.53 bits per heavy atom. The van der Waals surface area contributed by atoms with Gasteiger partial charge in [0.15, 0.2) is 0 Å². The number of ether oxygens (including phenoxy) is 1. The molecule has 0 radical (unpaired) electrons. The minimum Gasteiger partial charge on any atom is -0.378 e. The first-order valence-corrected chi connectivity index (χ1v) is 8.53. The second-order valence-corrected chi connectivity index (χ2v) is 7.46. The molecule has 2 aliphatic heterocycles. The summed E-state index contributed by atoms with van der Waals surface area (Å²) >= 11 is 0. The molecule has 2 heterocycles. The fourth-order valence-electron chi connectivity index (χ4n) is 2.58. The van der Waals surface area contributed by atoms with Crippen LogP contribution >= 0.6 is 0 Å². The van der Waals surface area contributed by atoms with Gasteiger partial charge < -0.3 is 10.1 Å². The van der Waals surface area contributed by atoms with Crippen molar-refractivity contribution in [1.29, 1.82) is 0 Å². The molecule has 2 aliphatic rings. The van der Waals surface area contributed by atoms with Crippen molar-refractivity contribution in [3.8, 4) is 0 Å². The van der Waals surface area contributed by atoms with Crippen molar-refractivity contribution >= 4 is 9.84 Å². The highest BCUT2D eigenvalue weighted by Crippen LogP contribution is 2.16. The maximum absolute atomic E-state index is 11.3. The van der Waals surface area contributed by atoms with E-state index in [0.717, 1.165) is 32.4 Å². The Labute approximate surface area is 104 Å². The summed E-state index contributed by atoms with van der Waals surface area (Å²) in [6.45, 7) is 1.86. The van der Waals surface area contributed by atoms with Crippen LogP contribution < -0.4 is 5.32 Å². The van der Waals surface area contributed by atoms with Gasteiger partial charge in [-0.3, -0.25) is 0 Å². The summed E-state index contributed by atoms with van der Waals surface area (Å²) in [5, 5.41) is 3.46. The van der Waals surface area contributed by atoms with E-state index in [0.29, 0.717) is 23.7 Å². The number of hydrogen-bond donors (Lipinski definition) is 1. The molecule has 17 heavy (non-hydrogen) atoms. The molecular weight excluding hydrogens is 238 g/mol. The molecular formula is C12H23NO3S. The number of rotatable bonds is 4. The first kappa shape index (κ1) is 13.3. The summed E-state index contributed by atoms with van der Waals surface area (Å²) in [4.78, 5) is 0. The minimum absolute atomic E-state index is 0.352. The second-order valence-electron chi connectivity index (χ2n) is 5.16. The zero-order valence-electron chi connectivity index (χ0n) is 10.4. The third-order valence-corrected chi connectivity index (χ3v) is 5.44. The van der Waals surface area contributed by atoms with Gasteiger partial charge in [0.1, 0.15) is 9.84 Å². The van der Waals surface area contributed by atoms with Crippen molar-refractivity contribution in [2.45, 2.75) is 50.7 Å². The fourth-order valence-corrected chi connectivity index (χ4v) is 4.07. The van der Waals surface area contributed by atoms with Crippen LogP contribution in [0.4, 0.5) is 0 Å². The molecule has 5 heteroatoms. The lowest BCUT2D eigenvalue weighted by Crippen LogP contribution is -2.39. The quantitative estimate of drug-likeness (QED) is 0.824. The molecule has 2 saturated heterocycles. The van der Waals surface area contributed by atoms with E-state index in [2.05, 4.69) is 5.32 Å². The largest absolute Gasteiger partial charge is 0.378 e. The molecule has 0 aromatic heterocycles. The number of nitrogens with one attached hydrogen (secondary N) is 1. The van der Waals surface area contributed by atoms with E-state index in [9.17, 15) is 8.42 Å². The Hall–Kier alpha value is -0.130. The van der Waals surface area contributed by atoms with Gasteiger partial charge in [-0.05, 0) is 45.1 Å². The van der Waals surface area contributed by atoms with Gasteiger partial charge in [-0.1, -0.05) is 0 Å². The van der Waals surface area contributed by atoms with Crippen molar-refractivity contribution in [3.63, 3.8) is 0 Å². The molecule has 0 aromatic rings. The lowest BCUT2D eigenvalue weighted by molar-refractivity contribution is 0.0111. The van der Waals surface area contributed by atoms with Crippen LogP contribution in [-0.4, -0.2) is 45.2 Å². The van der Waals surface area contributed by atoms with Gasteiger partial charge in [-0.15, -0.1) is 0 Å². The number of hydrogen-bond acceptors (Lipinski definition) is 4. The van der Waals surface area contributed by atoms with Crippen LogP contribution in [0.1, 0.15) is 38.5 Å². The third-order valence-electron chi connectivity index (χ3n) is 3.73. The second kappa shape index (κ2) is 6.16. The zero-order chi connectivity index (χ0) is 12.1. The van der Waals surface area contributed by atoms with Crippen LogP contribution in [0.2, 0.25) is 0 Å². The average molecular weight is 261 g/mol. The maximum atomic E-state index is 11.3. The summed E-state index contributed by atoms with van der Waals surface area (Å²) in [6.07, 6.45) is 6.69. The Balaban J connectivity index is 1.59. The monoisotopic (exact) mass is 261 g/mol. The summed E-state index contributed by atoms with van der Waals surface area (Å²) in [7, 11) is -2.73. The van der Waals surface area contributed by atoms with Crippen LogP contribution in [-0.2, 0) is 14.6 Å². The predicted molar refractivity (Wildman–Crippen MR) is 67.9 cm³/mol. The maximum Gasteiger partial charge on any atom is 0.150 e. The van der Waals surface area contributed by atoms with Crippen LogP contribution in [0.25, 0.3) is 0 Å². The molecule has 0 aliphatic carbocycles. The average Bonchev–Trinajstić information content (AvgIpc) is 2.33. The van der Waals surface area contributed by atoms with Gasteiger partial charge in [0.05, 0.1) is 17.6 Å². The molecule has 1 unspecified atom stereocenters. The Kier molecular flexibility index (Phi) is 4.82. The van der Waals surface area contributed by atoms with Crippen molar-refractivity contribution in [2.24, 2.45) is 0 Å². The van der Waals surface area contributed by atoms with E-state index in [4.69, 9.17) is 4.74 Å². The van der Waals surface area contributed by atoms with Gasteiger partial charge >= 0.3 is 0 Å². The van der Waals surface area contributed by atoms with Gasteiger partial charge in [0.2, 0.25) is 0 Å². The highest BCUT2D eigenvalue weighted by atomic mass is 32.2. The van der Waals surface area contributed by atoms with Crippen molar-refractivity contribution in [3.05, 3.63) is 0 Å². The fraction of sp³-hybridized carbons (Fsp3) is 1.00. The van der Waals surface area contributed by atoms with Crippen molar-refractivity contribution in [2.75, 3.05) is 24.7 Å². The molecule has 1 N–H and O–H groups in total. The van der Waals surface area contributed by atoms with Crippen LogP contribution in [0.3, 0.4) is 0 Å². The molecule has 0 saturated carbocycles. The molecule has 4 nitrogen and oxygen atoms in total. The van der Waals surface area contributed by atoms with Gasteiger partial charge in [-0.2, -0.15) is 0 Å². The van der Waals surface area contributed by atoms with E-state index in [1.807, 2.05) is 0 Å². The highest BCUT2D eigenvalue weighted by Gasteiger charge is 2.23. The van der Waals surface area contributed by atoms with Gasteiger partial charge in [-0.25, -0.2) is 8.42 Å². The van der Waals surface area contributed by atoms with E-state index in [1.54, 1.807) is 0 Å². The van der Waals surface area contributed by atoms with Crippen LogP contribution in [0, 0.1) is 0 Å². The Bertz CT molecular complexity index is 309. The normalized spacial score (nSPS) is 30.2. The molecule has 0 bridgehead atoms. The lowest BCUT2D eigenvalue weighted by Gasteiger charge is -2.26. The molecule has 0 spiro atoms. The molecule has 0 aromatic carbocycles. The third kappa shape index (κ3) is 4.56. The zero-order valence-corrected chi connectivity index (χ0v) is 11.2. The highest BCUT2D eigenvalue weighted by molar-refractivity contribution is 7.91. The van der Waals surface area contributed by atoms with Gasteiger partial charge in [0.25, 0.3) is 0 Å². The van der Waals surface area contributed by atoms with E-state index in [1.165, 1.54) is 19.3 Å². The molecule has 0 amide bonds.